The van der Waals surface area contributed by atoms with Gasteiger partial charge in [-0.1, -0.05) is 23.7 Å². The SMILES string of the molecule is C[C@H](Cc1cccs1)NC(=O)c1c(F)cccc1Cl. The average molecular weight is 298 g/mol. The van der Waals surface area contributed by atoms with Gasteiger partial charge in [0.2, 0.25) is 0 Å². The van der Waals surface area contributed by atoms with E-state index >= 15 is 0 Å². The van der Waals surface area contributed by atoms with Crippen LogP contribution < -0.4 is 5.32 Å². The van der Waals surface area contributed by atoms with Gasteiger partial charge in [0.15, 0.2) is 0 Å². The zero-order chi connectivity index (χ0) is 13.8. The van der Waals surface area contributed by atoms with Crippen LogP contribution in [0.2, 0.25) is 5.02 Å². The number of carbonyl (C=O) groups is 1. The number of hydrogen-bond donors (Lipinski definition) is 1. The first-order valence-electron chi connectivity index (χ1n) is 5.85. The van der Waals surface area contributed by atoms with Crippen LogP contribution in [-0.4, -0.2) is 11.9 Å². The van der Waals surface area contributed by atoms with Crippen LogP contribution in [0.25, 0.3) is 0 Å². The van der Waals surface area contributed by atoms with Crippen LogP contribution in [0.1, 0.15) is 22.2 Å². The molecule has 1 atom stereocenters. The van der Waals surface area contributed by atoms with Crippen molar-refractivity contribution in [2.75, 3.05) is 0 Å². The Morgan fingerprint density at radius 1 is 1.42 bits per heavy atom. The molecule has 0 radical (unpaired) electrons. The third-order valence-corrected chi connectivity index (χ3v) is 3.87. The van der Waals surface area contributed by atoms with Crippen molar-refractivity contribution in [1.29, 1.82) is 0 Å². The fourth-order valence-electron chi connectivity index (χ4n) is 1.79. The standard InChI is InChI=1S/C14H13ClFNOS/c1-9(8-10-4-3-7-19-10)17-14(18)13-11(15)5-2-6-12(13)16/h2-7,9H,8H2,1H3,(H,17,18)/t9-/m1/s1. The Hall–Kier alpha value is -1.39. The molecule has 1 N–H and O–H groups in total. The first-order valence-corrected chi connectivity index (χ1v) is 7.11. The molecule has 0 saturated carbocycles. The molecule has 1 aromatic carbocycles. The van der Waals surface area contributed by atoms with Crippen molar-refractivity contribution < 1.29 is 9.18 Å². The minimum absolute atomic E-state index is 0.0816. The van der Waals surface area contributed by atoms with Crippen LogP contribution in [0.3, 0.4) is 0 Å². The summed E-state index contributed by atoms with van der Waals surface area (Å²) in [5.41, 5.74) is -0.0952. The maximum absolute atomic E-state index is 13.6. The molecule has 0 aliphatic rings. The summed E-state index contributed by atoms with van der Waals surface area (Å²) in [6.07, 6.45) is 0.718. The molecule has 0 aliphatic carbocycles. The second-order valence-corrected chi connectivity index (χ2v) is 5.69. The molecular weight excluding hydrogens is 285 g/mol. The zero-order valence-corrected chi connectivity index (χ0v) is 11.9. The average Bonchev–Trinajstić information content (AvgIpc) is 2.81. The first kappa shape index (κ1) is 14.0. The quantitative estimate of drug-likeness (QED) is 0.911. The maximum Gasteiger partial charge on any atom is 0.255 e. The Morgan fingerprint density at radius 3 is 2.84 bits per heavy atom. The van der Waals surface area contributed by atoms with E-state index in [1.807, 2.05) is 24.4 Å². The van der Waals surface area contributed by atoms with Gasteiger partial charge in [-0.15, -0.1) is 11.3 Å². The van der Waals surface area contributed by atoms with Crippen molar-refractivity contribution in [1.82, 2.24) is 5.32 Å². The zero-order valence-electron chi connectivity index (χ0n) is 10.3. The van der Waals surface area contributed by atoms with Gasteiger partial charge in [-0.05, 0) is 30.5 Å². The van der Waals surface area contributed by atoms with E-state index in [1.54, 1.807) is 11.3 Å². The summed E-state index contributed by atoms with van der Waals surface area (Å²) in [7, 11) is 0. The van der Waals surface area contributed by atoms with Crippen LogP contribution >= 0.6 is 22.9 Å². The van der Waals surface area contributed by atoms with Crippen LogP contribution in [0.15, 0.2) is 35.7 Å². The van der Waals surface area contributed by atoms with Gasteiger partial charge in [-0.2, -0.15) is 0 Å². The smallest absolute Gasteiger partial charge is 0.255 e. The van der Waals surface area contributed by atoms with Crippen molar-refractivity contribution in [3.05, 3.63) is 57.0 Å². The highest BCUT2D eigenvalue weighted by Gasteiger charge is 2.17. The second kappa shape index (κ2) is 6.17. The molecule has 0 fully saturated rings. The molecule has 1 aromatic heterocycles. The normalized spacial score (nSPS) is 12.2. The lowest BCUT2D eigenvalue weighted by atomic mass is 10.1. The lowest BCUT2D eigenvalue weighted by Gasteiger charge is -2.14. The predicted molar refractivity (Wildman–Crippen MR) is 76.4 cm³/mol. The molecule has 0 unspecified atom stereocenters. The van der Waals surface area contributed by atoms with Gasteiger partial charge in [-0.3, -0.25) is 4.79 Å². The molecule has 19 heavy (non-hydrogen) atoms. The molecule has 2 aromatic rings. The number of hydrogen-bond acceptors (Lipinski definition) is 2. The van der Waals surface area contributed by atoms with Gasteiger partial charge in [0, 0.05) is 17.3 Å². The summed E-state index contributed by atoms with van der Waals surface area (Å²) in [6.45, 7) is 1.88. The van der Waals surface area contributed by atoms with E-state index in [0.717, 1.165) is 6.42 Å². The van der Waals surface area contributed by atoms with E-state index in [0.29, 0.717) is 0 Å². The Morgan fingerprint density at radius 2 is 2.21 bits per heavy atom. The Bertz CT molecular complexity index is 551. The van der Waals surface area contributed by atoms with E-state index in [9.17, 15) is 9.18 Å². The number of carbonyl (C=O) groups excluding carboxylic acids is 1. The van der Waals surface area contributed by atoms with Gasteiger partial charge in [-0.25, -0.2) is 4.39 Å². The van der Waals surface area contributed by atoms with Crippen LogP contribution in [0.4, 0.5) is 4.39 Å². The molecule has 100 valence electrons. The number of amides is 1. The Kier molecular flexibility index (Phi) is 4.56. The van der Waals surface area contributed by atoms with Gasteiger partial charge in [0.05, 0.1) is 10.6 Å². The molecule has 0 spiro atoms. The van der Waals surface area contributed by atoms with Crippen molar-refractivity contribution in [3.63, 3.8) is 0 Å². The monoisotopic (exact) mass is 297 g/mol. The summed E-state index contributed by atoms with van der Waals surface area (Å²) in [4.78, 5) is 13.2. The molecule has 1 amide bonds. The van der Waals surface area contributed by atoms with E-state index in [2.05, 4.69) is 5.32 Å². The fourth-order valence-corrected chi connectivity index (χ4v) is 2.88. The van der Waals surface area contributed by atoms with Gasteiger partial charge >= 0.3 is 0 Å². The molecule has 0 bridgehead atoms. The van der Waals surface area contributed by atoms with E-state index in [4.69, 9.17) is 11.6 Å². The summed E-state index contributed by atoms with van der Waals surface area (Å²) in [5, 5.41) is 4.87. The van der Waals surface area contributed by atoms with Crippen LogP contribution in [-0.2, 0) is 6.42 Å². The number of nitrogens with one attached hydrogen (secondary N) is 1. The fraction of sp³-hybridized carbons (Fsp3) is 0.214. The second-order valence-electron chi connectivity index (χ2n) is 4.25. The molecule has 0 saturated heterocycles. The highest BCUT2D eigenvalue weighted by atomic mass is 35.5. The van der Waals surface area contributed by atoms with Crippen molar-refractivity contribution >= 4 is 28.8 Å². The number of rotatable bonds is 4. The highest BCUT2D eigenvalue weighted by Crippen LogP contribution is 2.19. The Labute approximate surface area is 120 Å². The summed E-state index contributed by atoms with van der Waals surface area (Å²) in [6, 6.07) is 8.09. The van der Waals surface area contributed by atoms with Crippen LogP contribution in [0, 0.1) is 5.82 Å². The topological polar surface area (TPSA) is 29.1 Å². The predicted octanol–water partition coefficient (Wildman–Crippen LogP) is 3.90. The van der Waals surface area contributed by atoms with E-state index < -0.39 is 11.7 Å². The number of benzene rings is 1. The summed E-state index contributed by atoms with van der Waals surface area (Å²) < 4.78 is 13.6. The molecule has 0 aliphatic heterocycles. The van der Waals surface area contributed by atoms with Crippen LogP contribution in [0.5, 0.6) is 0 Å². The third-order valence-electron chi connectivity index (χ3n) is 2.65. The Balaban J connectivity index is 2.04. The highest BCUT2D eigenvalue weighted by molar-refractivity contribution is 7.09. The van der Waals surface area contributed by atoms with Gasteiger partial charge in [0.1, 0.15) is 5.82 Å². The summed E-state index contributed by atoms with van der Waals surface area (Å²) in [5.74, 6) is -1.08. The lowest BCUT2D eigenvalue weighted by molar-refractivity contribution is 0.0936. The molecule has 2 rings (SSSR count). The maximum atomic E-state index is 13.6. The van der Waals surface area contributed by atoms with E-state index in [-0.39, 0.29) is 16.6 Å². The van der Waals surface area contributed by atoms with Crippen molar-refractivity contribution in [2.45, 2.75) is 19.4 Å². The van der Waals surface area contributed by atoms with Crippen molar-refractivity contribution in [3.8, 4) is 0 Å². The van der Waals surface area contributed by atoms with E-state index in [1.165, 1.54) is 23.1 Å². The summed E-state index contributed by atoms with van der Waals surface area (Å²) >= 11 is 7.48. The van der Waals surface area contributed by atoms with Crippen molar-refractivity contribution in [2.24, 2.45) is 0 Å². The minimum Gasteiger partial charge on any atom is -0.349 e. The molecule has 5 heteroatoms. The minimum atomic E-state index is -0.603. The molecule has 2 nitrogen and oxygen atoms in total. The van der Waals surface area contributed by atoms with Gasteiger partial charge in [0.25, 0.3) is 5.91 Å². The molecular formula is C14H13ClFNOS. The molecule has 1 heterocycles. The number of halogens is 2. The number of thiophene rings is 1. The largest absolute Gasteiger partial charge is 0.349 e. The lowest BCUT2D eigenvalue weighted by Crippen LogP contribution is -2.34. The first-order chi connectivity index (χ1) is 9.08. The third kappa shape index (κ3) is 3.55. The van der Waals surface area contributed by atoms with Gasteiger partial charge < -0.3 is 5.32 Å².